The summed E-state index contributed by atoms with van der Waals surface area (Å²) in [6.45, 7) is 0.187. The van der Waals surface area contributed by atoms with Crippen LogP contribution in [0.15, 0.2) is 65.3 Å². The Balaban J connectivity index is 1.62. The van der Waals surface area contributed by atoms with Crippen molar-refractivity contribution in [1.29, 1.82) is 0 Å². The summed E-state index contributed by atoms with van der Waals surface area (Å²) in [5, 5.41) is 0.595. The smallest absolute Gasteiger partial charge is 0.268 e. The minimum Gasteiger partial charge on any atom is -0.480 e. The lowest BCUT2D eigenvalue weighted by atomic mass is 10.1. The summed E-state index contributed by atoms with van der Waals surface area (Å²) in [5.74, 6) is 0.563. The summed E-state index contributed by atoms with van der Waals surface area (Å²) in [6.07, 6.45) is 1.26. The molecule has 1 aromatic heterocycles. The summed E-state index contributed by atoms with van der Waals surface area (Å²) < 4.78 is 24.9. The predicted octanol–water partition coefficient (Wildman–Crippen LogP) is 4.61. The number of rotatable bonds is 4. The minimum absolute atomic E-state index is 0.187. The van der Waals surface area contributed by atoms with Crippen LogP contribution in [-0.4, -0.2) is 12.0 Å². The van der Waals surface area contributed by atoms with Crippen LogP contribution < -0.4 is 9.64 Å². The molecule has 0 saturated carbocycles. The first kappa shape index (κ1) is 16.7. The molecule has 26 heavy (non-hydrogen) atoms. The summed E-state index contributed by atoms with van der Waals surface area (Å²) in [4.78, 5) is 14.6. The summed E-state index contributed by atoms with van der Waals surface area (Å²) in [5.41, 5.74) is 1.33. The topological polar surface area (TPSA) is 42.7 Å². The number of halogens is 2. The van der Waals surface area contributed by atoms with E-state index in [1.807, 2.05) is 0 Å². The number of carbonyl (C=O) groups is 1. The van der Waals surface area contributed by atoms with Crippen molar-refractivity contribution in [2.45, 2.75) is 19.1 Å². The van der Waals surface area contributed by atoms with Gasteiger partial charge in [-0.3, -0.25) is 4.79 Å². The number of anilines is 1. The van der Waals surface area contributed by atoms with Crippen molar-refractivity contribution in [3.63, 3.8) is 0 Å². The fourth-order valence-electron chi connectivity index (χ4n) is 3.03. The van der Waals surface area contributed by atoms with Gasteiger partial charge in [-0.2, -0.15) is 0 Å². The van der Waals surface area contributed by atoms with Crippen molar-refractivity contribution in [3.05, 3.63) is 83.0 Å². The van der Waals surface area contributed by atoms with Gasteiger partial charge in [-0.25, -0.2) is 4.39 Å². The van der Waals surface area contributed by atoms with Gasteiger partial charge in [0.25, 0.3) is 5.91 Å². The van der Waals surface area contributed by atoms with Crippen LogP contribution in [0.3, 0.4) is 0 Å². The Hall–Kier alpha value is -2.79. The van der Waals surface area contributed by atoms with Crippen LogP contribution in [0.5, 0.6) is 5.75 Å². The van der Waals surface area contributed by atoms with E-state index in [4.69, 9.17) is 20.8 Å². The number of ether oxygens (including phenoxy) is 1. The van der Waals surface area contributed by atoms with Crippen molar-refractivity contribution in [1.82, 2.24) is 0 Å². The Morgan fingerprint density at radius 1 is 1.19 bits per heavy atom. The van der Waals surface area contributed by atoms with Gasteiger partial charge in [0.2, 0.25) is 0 Å². The maximum atomic E-state index is 13.7. The molecule has 2 heterocycles. The molecule has 0 N–H and O–H groups in total. The van der Waals surface area contributed by atoms with Gasteiger partial charge in [-0.05, 0) is 54.1 Å². The molecule has 1 amide bonds. The second kappa shape index (κ2) is 6.84. The highest BCUT2D eigenvalue weighted by Gasteiger charge is 2.33. The number of hydrogen-bond acceptors (Lipinski definition) is 3. The average Bonchev–Trinajstić information content (AvgIpc) is 3.28. The molecule has 4 nitrogen and oxygen atoms in total. The van der Waals surface area contributed by atoms with Crippen LogP contribution in [0.25, 0.3) is 0 Å². The van der Waals surface area contributed by atoms with E-state index < -0.39 is 11.9 Å². The monoisotopic (exact) mass is 371 g/mol. The van der Waals surface area contributed by atoms with E-state index in [0.717, 1.165) is 5.56 Å². The van der Waals surface area contributed by atoms with Crippen LogP contribution in [0, 0.1) is 5.82 Å². The number of amides is 1. The predicted molar refractivity (Wildman–Crippen MR) is 95.9 cm³/mol. The normalized spacial score (nSPS) is 15.4. The molecular weight excluding hydrogens is 357 g/mol. The molecule has 0 aliphatic carbocycles. The van der Waals surface area contributed by atoms with Crippen molar-refractivity contribution < 1.29 is 18.3 Å². The third kappa shape index (κ3) is 3.30. The van der Waals surface area contributed by atoms with Gasteiger partial charge in [-0.1, -0.05) is 17.7 Å². The number of fused-ring (bicyclic) bond motifs is 1. The molecule has 132 valence electrons. The first-order valence-corrected chi connectivity index (χ1v) is 8.52. The maximum absolute atomic E-state index is 13.7. The Bertz CT molecular complexity index is 942. The van der Waals surface area contributed by atoms with Crippen molar-refractivity contribution in [3.8, 4) is 5.75 Å². The van der Waals surface area contributed by atoms with Crippen LogP contribution in [0.1, 0.15) is 11.3 Å². The maximum Gasteiger partial charge on any atom is 0.268 e. The largest absolute Gasteiger partial charge is 0.480 e. The molecular formula is C20H15ClFNO3. The Morgan fingerprint density at radius 3 is 2.85 bits per heavy atom. The second-order valence-corrected chi connectivity index (χ2v) is 6.48. The molecule has 0 bridgehead atoms. The van der Waals surface area contributed by atoms with Crippen molar-refractivity contribution in [2.75, 3.05) is 4.90 Å². The fourth-order valence-corrected chi connectivity index (χ4v) is 3.22. The van der Waals surface area contributed by atoms with E-state index in [2.05, 4.69) is 0 Å². The van der Waals surface area contributed by atoms with Crippen LogP contribution in [0.2, 0.25) is 5.02 Å². The SMILES string of the molecule is O=C([C@H]1Cc2cc(Cl)ccc2O1)N(Cc1ccco1)c1cccc(F)c1. The lowest BCUT2D eigenvalue weighted by Gasteiger charge is -2.24. The zero-order chi connectivity index (χ0) is 18.1. The molecule has 1 aliphatic heterocycles. The van der Waals surface area contributed by atoms with Gasteiger partial charge >= 0.3 is 0 Å². The van der Waals surface area contributed by atoms with Gasteiger partial charge in [-0.15, -0.1) is 0 Å². The third-order valence-electron chi connectivity index (χ3n) is 4.25. The van der Waals surface area contributed by atoms with E-state index in [9.17, 15) is 9.18 Å². The fraction of sp³-hybridized carbons (Fsp3) is 0.150. The average molecular weight is 372 g/mol. The molecule has 6 heteroatoms. The standard InChI is InChI=1S/C20H15ClFNO3/c21-14-6-7-18-13(9-14)10-19(26-18)20(24)23(12-17-5-2-8-25-17)16-4-1-3-15(22)11-16/h1-9,11,19H,10,12H2/t19-/m1/s1. The zero-order valence-corrected chi connectivity index (χ0v) is 14.4. The van der Waals surface area contributed by atoms with Gasteiger partial charge < -0.3 is 14.1 Å². The van der Waals surface area contributed by atoms with Gasteiger partial charge in [0.1, 0.15) is 17.3 Å². The number of furan rings is 1. The lowest BCUT2D eigenvalue weighted by molar-refractivity contribution is -0.124. The molecule has 3 aromatic rings. The summed E-state index contributed by atoms with van der Waals surface area (Å²) in [6, 6.07) is 14.7. The number of carbonyl (C=O) groups excluding carboxylic acids is 1. The van der Waals surface area contributed by atoms with E-state index in [-0.39, 0.29) is 12.5 Å². The number of hydrogen-bond donors (Lipinski definition) is 0. The third-order valence-corrected chi connectivity index (χ3v) is 4.49. The highest BCUT2D eigenvalue weighted by atomic mass is 35.5. The van der Waals surface area contributed by atoms with Crippen LogP contribution in [0.4, 0.5) is 10.1 Å². The molecule has 0 fully saturated rings. The van der Waals surface area contributed by atoms with E-state index in [1.165, 1.54) is 23.3 Å². The molecule has 2 aromatic carbocycles. The number of nitrogens with zero attached hydrogens (tertiary/aromatic N) is 1. The van der Waals surface area contributed by atoms with Crippen LogP contribution >= 0.6 is 11.6 Å². The highest BCUT2D eigenvalue weighted by molar-refractivity contribution is 6.30. The Kier molecular flexibility index (Phi) is 4.39. The van der Waals surface area contributed by atoms with E-state index in [0.29, 0.717) is 28.6 Å². The zero-order valence-electron chi connectivity index (χ0n) is 13.7. The molecule has 1 atom stereocenters. The first-order chi connectivity index (χ1) is 12.6. The van der Waals surface area contributed by atoms with Crippen molar-refractivity contribution >= 4 is 23.2 Å². The molecule has 0 radical (unpaired) electrons. The van der Waals surface area contributed by atoms with Gasteiger partial charge in [0.05, 0.1) is 12.8 Å². The molecule has 4 rings (SSSR count). The second-order valence-electron chi connectivity index (χ2n) is 6.05. The molecule has 1 aliphatic rings. The molecule has 0 saturated heterocycles. The van der Waals surface area contributed by atoms with E-state index in [1.54, 1.807) is 42.5 Å². The van der Waals surface area contributed by atoms with Gasteiger partial charge in [0.15, 0.2) is 6.10 Å². The Morgan fingerprint density at radius 2 is 2.08 bits per heavy atom. The Labute approximate surface area is 154 Å². The quantitative estimate of drug-likeness (QED) is 0.672. The first-order valence-electron chi connectivity index (χ1n) is 8.14. The van der Waals surface area contributed by atoms with E-state index >= 15 is 0 Å². The number of benzene rings is 2. The van der Waals surface area contributed by atoms with Gasteiger partial charge in [0, 0.05) is 17.1 Å². The summed E-state index contributed by atoms with van der Waals surface area (Å²) >= 11 is 6.02. The molecule has 0 unspecified atom stereocenters. The molecule has 0 spiro atoms. The van der Waals surface area contributed by atoms with Crippen LogP contribution in [-0.2, 0) is 17.8 Å². The van der Waals surface area contributed by atoms with Crippen molar-refractivity contribution in [2.24, 2.45) is 0 Å². The highest BCUT2D eigenvalue weighted by Crippen LogP contribution is 2.32. The summed E-state index contributed by atoms with van der Waals surface area (Å²) in [7, 11) is 0. The lowest BCUT2D eigenvalue weighted by Crippen LogP contribution is -2.41. The minimum atomic E-state index is -0.693.